The van der Waals surface area contributed by atoms with E-state index in [1.165, 1.54) is 12.8 Å². The zero-order valence-corrected chi connectivity index (χ0v) is 22.0. The Morgan fingerprint density at radius 2 is 1.68 bits per heavy atom. The summed E-state index contributed by atoms with van der Waals surface area (Å²) in [6, 6.07) is 18.2. The number of benzene rings is 2. The standard InChI is InChI=1S/C30H36FN7/c1-36-15-17-37(18-16-36)23-8-10-24(11-9-23)38-27-13-14-33-30(32)28(27)29(35-38)22-7-12-26(25(31)19-22)34-20-21-5-3-2-4-6-21/h2-7,12-14,19,23-24,34H,8-11,15-18,20H2,1H3,(H2,32,33). The summed E-state index contributed by atoms with van der Waals surface area (Å²) in [7, 11) is 2.20. The number of fused-ring (bicyclic) bond motifs is 1. The fourth-order valence-electron chi connectivity index (χ4n) is 6.05. The van der Waals surface area contributed by atoms with Gasteiger partial charge in [-0.1, -0.05) is 36.4 Å². The molecule has 3 N–H and O–H groups in total. The van der Waals surface area contributed by atoms with Crippen LogP contribution in [-0.4, -0.2) is 63.8 Å². The van der Waals surface area contributed by atoms with Crippen molar-refractivity contribution in [1.29, 1.82) is 0 Å². The second-order valence-corrected chi connectivity index (χ2v) is 10.7. The summed E-state index contributed by atoms with van der Waals surface area (Å²) >= 11 is 0. The molecule has 2 aromatic heterocycles. The van der Waals surface area contributed by atoms with Crippen LogP contribution in [-0.2, 0) is 6.54 Å². The molecule has 198 valence electrons. The molecule has 3 heterocycles. The van der Waals surface area contributed by atoms with Crippen LogP contribution in [0.15, 0.2) is 60.8 Å². The Kier molecular flexibility index (Phi) is 7.00. The van der Waals surface area contributed by atoms with Gasteiger partial charge in [-0.2, -0.15) is 5.10 Å². The number of nitrogens with one attached hydrogen (secondary N) is 1. The minimum atomic E-state index is -0.309. The molecule has 6 rings (SSSR count). The van der Waals surface area contributed by atoms with Gasteiger partial charge in [0, 0.05) is 50.5 Å². The number of nitrogens with zero attached hydrogens (tertiary/aromatic N) is 5. The van der Waals surface area contributed by atoms with Crippen molar-refractivity contribution >= 4 is 22.4 Å². The first-order chi connectivity index (χ1) is 18.6. The topological polar surface area (TPSA) is 75.2 Å². The lowest BCUT2D eigenvalue weighted by Gasteiger charge is -2.41. The van der Waals surface area contributed by atoms with Gasteiger partial charge in [0.2, 0.25) is 0 Å². The van der Waals surface area contributed by atoms with Gasteiger partial charge in [-0.05, 0) is 56.5 Å². The molecule has 0 atom stereocenters. The van der Waals surface area contributed by atoms with Gasteiger partial charge >= 0.3 is 0 Å². The molecule has 0 amide bonds. The summed E-state index contributed by atoms with van der Waals surface area (Å²) in [6.45, 7) is 5.17. The average Bonchev–Trinajstić information content (AvgIpc) is 3.34. The number of halogens is 1. The highest BCUT2D eigenvalue weighted by Crippen LogP contribution is 2.38. The molecule has 2 aromatic carbocycles. The van der Waals surface area contributed by atoms with Crippen molar-refractivity contribution in [2.75, 3.05) is 44.3 Å². The van der Waals surface area contributed by atoms with Gasteiger partial charge < -0.3 is 16.0 Å². The Balaban J connectivity index is 1.23. The highest BCUT2D eigenvalue weighted by molar-refractivity contribution is 6.00. The molecule has 4 aromatic rings. The Bertz CT molecular complexity index is 1390. The Hall–Kier alpha value is -3.49. The summed E-state index contributed by atoms with van der Waals surface area (Å²) < 4.78 is 17.3. The molecule has 1 saturated heterocycles. The van der Waals surface area contributed by atoms with Crippen LogP contribution in [0.5, 0.6) is 0 Å². The van der Waals surface area contributed by atoms with E-state index in [0.717, 1.165) is 55.5 Å². The number of hydrogen-bond donors (Lipinski definition) is 2. The summed E-state index contributed by atoms with van der Waals surface area (Å²) in [4.78, 5) is 9.42. The van der Waals surface area contributed by atoms with Crippen LogP contribution >= 0.6 is 0 Å². The molecule has 1 saturated carbocycles. The monoisotopic (exact) mass is 513 g/mol. The molecule has 0 bridgehead atoms. The second kappa shape index (κ2) is 10.7. The number of likely N-dealkylation sites (N-methyl/N-ethyl adjacent to an activating group) is 1. The van der Waals surface area contributed by atoms with Gasteiger partial charge in [0.05, 0.1) is 22.6 Å². The first-order valence-electron chi connectivity index (χ1n) is 13.7. The number of pyridine rings is 1. The van der Waals surface area contributed by atoms with Gasteiger partial charge in [-0.15, -0.1) is 0 Å². The molecule has 0 spiro atoms. The van der Waals surface area contributed by atoms with Crippen LogP contribution in [0.2, 0.25) is 0 Å². The third-order valence-electron chi connectivity index (χ3n) is 8.28. The van der Waals surface area contributed by atoms with E-state index in [9.17, 15) is 0 Å². The van der Waals surface area contributed by atoms with E-state index in [0.29, 0.717) is 41.4 Å². The van der Waals surface area contributed by atoms with E-state index in [4.69, 9.17) is 10.8 Å². The summed E-state index contributed by atoms with van der Waals surface area (Å²) in [6.07, 6.45) is 6.23. The molecule has 2 aliphatic rings. The summed E-state index contributed by atoms with van der Waals surface area (Å²) in [5.41, 5.74) is 10.3. The van der Waals surface area contributed by atoms with E-state index in [-0.39, 0.29) is 5.82 Å². The van der Waals surface area contributed by atoms with E-state index < -0.39 is 0 Å². The molecule has 0 unspecified atom stereocenters. The van der Waals surface area contributed by atoms with Gasteiger partial charge in [0.15, 0.2) is 0 Å². The van der Waals surface area contributed by atoms with Crippen molar-refractivity contribution in [3.05, 3.63) is 72.2 Å². The van der Waals surface area contributed by atoms with Crippen LogP contribution in [0.3, 0.4) is 0 Å². The summed E-state index contributed by atoms with van der Waals surface area (Å²) in [5, 5.41) is 9.05. The first-order valence-corrected chi connectivity index (χ1v) is 13.7. The number of nitrogen functional groups attached to an aromatic ring is 1. The maximum Gasteiger partial charge on any atom is 0.146 e. The number of anilines is 2. The number of hydrogen-bond acceptors (Lipinski definition) is 6. The highest BCUT2D eigenvalue weighted by atomic mass is 19.1. The van der Waals surface area contributed by atoms with Crippen molar-refractivity contribution in [3.8, 4) is 11.3 Å². The molecule has 0 radical (unpaired) electrons. The first kappa shape index (κ1) is 24.8. The largest absolute Gasteiger partial charge is 0.383 e. The molecule has 38 heavy (non-hydrogen) atoms. The molecule has 8 heteroatoms. The molecule has 1 aliphatic heterocycles. The van der Waals surface area contributed by atoms with E-state index in [2.05, 4.69) is 31.8 Å². The SMILES string of the molecule is CN1CCN(C2CCC(n3nc(-c4ccc(NCc5ccccc5)c(F)c4)c4c(N)nccc43)CC2)CC1. The lowest BCUT2D eigenvalue weighted by molar-refractivity contribution is 0.0816. The second-order valence-electron chi connectivity index (χ2n) is 10.7. The van der Waals surface area contributed by atoms with Crippen LogP contribution < -0.4 is 11.1 Å². The van der Waals surface area contributed by atoms with E-state index in [1.807, 2.05) is 42.5 Å². The van der Waals surface area contributed by atoms with Crippen LogP contribution in [0.25, 0.3) is 22.2 Å². The molecular weight excluding hydrogens is 477 g/mol. The lowest BCUT2D eigenvalue weighted by Crippen LogP contribution is -2.49. The van der Waals surface area contributed by atoms with Gasteiger partial charge in [-0.25, -0.2) is 9.37 Å². The van der Waals surface area contributed by atoms with Crippen LogP contribution in [0.4, 0.5) is 15.9 Å². The normalized spacial score (nSPS) is 21.1. The summed E-state index contributed by atoms with van der Waals surface area (Å²) in [5.74, 6) is 0.123. The van der Waals surface area contributed by atoms with Crippen LogP contribution in [0, 0.1) is 5.82 Å². The predicted molar refractivity (Wildman–Crippen MR) is 151 cm³/mol. The third kappa shape index (κ3) is 4.98. The fourth-order valence-corrected chi connectivity index (χ4v) is 6.05. The average molecular weight is 514 g/mol. The smallest absolute Gasteiger partial charge is 0.146 e. The molecule has 2 fully saturated rings. The minimum Gasteiger partial charge on any atom is -0.383 e. The van der Waals surface area contributed by atoms with Crippen molar-refractivity contribution < 1.29 is 4.39 Å². The van der Waals surface area contributed by atoms with Crippen LogP contribution in [0.1, 0.15) is 37.3 Å². The van der Waals surface area contributed by atoms with Gasteiger partial charge in [0.1, 0.15) is 17.3 Å². The maximum atomic E-state index is 15.2. The van der Waals surface area contributed by atoms with Crippen molar-refractivity contribution in [2.24, 2.45) is 0 Å². The molecule has 1 aliphatic carbocycles. The minimum absolute atomic E-state index is 0.299. The molecule has 7 nitrogen and oxygen atoms in total. The zero-order valence-electron chi connectivity index (χ0n) is 22.0. The Morgan fingerprint density at radius 3 is 2.42 bits per heavy atom. The lowest BCUT2D eigenvalue weighted by atomic mass is 9.89. The number of aromatic nitrogens is 3. The zero-order chi connectivity index (χ0) is 26.1. The number of nitrogens with two attached hydrogens (primary N) is 1. The predicted octanol–water partition coefficient (Wildman–Crippen LogP) is 5.16. The fraction of sp³-hybridized carbons (Fsp3) is 0.400. The van der Waals surface area contributed by atoms with Crippen molar-refractivity contribution in [3.63, 3.8) is 0 Å². The third-order valence-corrected chi connectivity index (χ3v) is 8.28. The van der Waals surface area contributed by atoms with Crippen molar-refractivity contribution in [2.45, 2.75) is 44.3 Å². The molecular formula is C30H36FN7. The van der Waals surface area contributed by atoms with Gasteiger partial charge in [0.25, 0.3) is 0 Å². The quantitative estimate of drug-likeness (QED) is 0.371. The van der Waals surface area contributed by atoms with Crippen molar-refractivity contribution in [1.82, 2.24) is 24.6 Å². The van der Waals surface area contributed by atoms with E-state index >= 15 is 4.39 Å². The highest BCUT2D eigenvalue weighted by Gasteiger charge is 2.30. The maximum absolute atomic E-state index is 15.2. The van der Waals surface area contributed by atoms with E-state index in [1.54, 1.807) is 18.3 Å². The van der Waals surface area contributed by atoms with Gasteiger partial charge in [-0.3, -0.25) is 9.58 Å². The Labute approximate surface area is 223 Å². The number of rotatable bonds is 6. The Morgan fingerprint density at radius 1 is 0.947 bits per heavy atom. The number of piperazine rings is 1.